The summed E-state index contributed by atoms with van der Waals surface area (Å²) < 4.78 is 11.7. The summed E-state index contributed by atoms with van der Waals surface area (Å²) in [7, 11) is 0. The molecule has 1 aromatic heterocycles. The minimum absolute atomic E-state index is 0.0797. The highest BCUT2D eigenvalue weighted by Gasteiger charge is 2.48. The van der Waals surface area contributed by atoms with E-state index in [2.05, 4.69) is 56.6 Å². The molecule has 0 saturated carbocycles. The molecule has 3 aliphatic rings. The Hall–Kier alpha value is -2.58. The molecule has 0 bridgehead atoms. The molecule has 3 aliphatic heterocycles. The third kappa shape index (κ3) is 4.39. The molecule has 0 radical (unpaired) electrons. The van der Waals surface area contributed by atoms with Gasteiger partial charge in [0.05, 0.1) is 30.2 Å². The maximum atomic E-state index is 11.2. The van der Waals surface area contributed by atoms with Crippen LogP contribution in [0.2, 0.25) is 0 Å². The molecule has 0 aliphatic carbocycles. The Morgan fingerprint density at radius 1 is 1.06 bits per heavy atom. The average molecular weight is 491 g/mol. The standard InChI is InChI=1S/C29H38N4O3/c1-19(2)25-22-18-36-28(3,4)16-21(22)26(30)29(5,31-25)32-13-14-33(27(34)24-12-9-15-35-24)23(17-32)20-10-7-6-8-11-20/h6-12,15,19,23,27,30,34H,13-14,16-18H2,1-5H3/t23-,27?,29?/m0/s1. The maximum Gasteiger partial charge on any atom is 0.167 e. The zero-order valence-corrected chi connectivity index (χ0v) is 22.0. The lowest BCUT2D eigenvalue weighted by molar-refractivity contribution is -0.0835. The quantitative estimate of drug-likeness (QED) is 0.618. The summed E-state index contributed by atoms with van der Waals surface area (Å²) in [5, 5.41) is 20.6. The molecule has 1 saturated heterocycles. The lowest BCUT2D eigenvalue weighted by Gasteiger charge is -2.51. The highest BCUT2D eigenvalue weighted by atomic mass is 16.5. The van der Waals surface area contributed by atoms with Gasteiger partial charge in [0.2, 0.25) is 0 Å². The van der Waals surface area contributed by atoms with Gasteiger partial charge >= 0.3 is 0 Å². The normalized spacial score (nSPS) is 28.2. The molecule has 3 atom stereocenters. The van der Waals surface area contributed by atoms with Crippen LogP contribution >= 0.6 is 0 Å². The molecular formula is C29H38N4O3. The van der Waals surface area contributed by atoms with Gasteiger partial charge in [-0.3, -0.25) is 14.8 Å². The van der Waals surface area contributed by atoms with Crippen molar-refractivity contribution in [1.82, 2.24) is 9.80 Å². The maximum absolute atomic E-state index is 11.2. The summed E-state index contributed by atoms with van der Waals surface area (Å²) in [6.07, 6.45) is 1.47. The van der Waals surface area contributed by atoms with Crippen molar-refractivity contribution < 1.29 is 14.3 Å². The van der Waals surface area contributed by atoms with E-state index in [0.717, 1.165) is 22.4 Å². The Morgan fingerprint density at radius 2 is 1.81 bits per heavy atom. The van der Waals surface area contributed by atoms with Gasteiger partial charge in [0.25, 0.3) is 0 Å². The number of aliphatic hydroxyl groups excluding tert-OH is 1. The average Bonchev–Trinajstić information content (AvgIpc) is 3.41. The lowest BCUT2D eigenvalue weighted by atomic mass is 9.78. The summed E-state index contributed by atoms with van der Waals surface area (Å²) in [6.45, 7) is 13.1. The van der Waals surface area contributed by atoms with Gasteiger partial charge in [-0.15, -0.1) is 0 Å². The molecule has 2 aromatic rings. The smallest absolute Gasteiger partial charge is 0.167 e. The van der Waals surface area contributed by atoms with Crippen LogP contribution in [0.25, 0.3) is 0 Å². The Labute approximate surface area is 214 Å². The van der Waals surface area contributed by atoms with Crippen LogP contribution in [0, 0.1) is 11.3 Å². The first-order valence-corrected chi connectivity index (χ1v) is 12.9. The van der Waals surface area contributed by atoms with Gasteiger partial charge in [0.1, 0.15) is 5.76 Å². The van der Waals surface area contributed by atoms with E-state index in [1.165, 1.54) is 0 Å². The van der Waals surface area contributed by atoms with E-state index in [4.69, 9.17) is 14.1 Å². The van der Waals surface area contributed by atoms with Gasteiger partial charge in [0, 0.05) is 37.3 Å². The Bertz CT molecular complexity index is 1170. The zero-order valence-electron chi connectivity index (χ0n) is 22.0. The van der Waals surface area contributed by atoms with E-state index in [1.54, 1.807) is 12.3 Å². The van der Waals surface area contributed by atoms with Crippen molar-refractivity contribution in [2.45, 2.75) is 64.6 Å². The number of hydrogen-bond donors (Lipinski definition) is 2. The van der Waals surface area contributed by atoms with E-state index in [9.17, 15) is 10.5 Å². The van der Waals surface area contributed by atoms with Crippen LogP contribution in [0.1, 0.15) is 64.6 Å². The fraction of sp³-hybridized carbons (Fsp3) is 0.517. The highest BCUT2D eigenvalue weighted by Crippen LogP contribution is 2.42. The van der Waals surface area contributed by atoms with Crippen molar-refractivity contribution in [3.05, 3.63) is 71.2 Å². The van der Waals surface area contributed by atoms with E-state index < -0.39 is 11.9 Å². The summed E-state index contributed by atoms with van der Waals surface area (Å²) in [4.78, 5) is 9.70. The highest BCUT2D eigenvalue weighted by molar-refractivity contribution is 6.18. The third-order valence-electron chi connectivity index (χ3n) is 7.88. The monoisotopic (exact) mass is 490 g/mol. The van der Waals surface area contributed by atoms with Gasteiger partial charge in [-0.05, 0) is 50.0 Å². The number of hydrogen-bond acceptors (Lipinski definition) is 7. The van der Waals surface area contributed by atoms with E-state index in [-0.39, 0.29) is 17.6 Å². The Kier molecular flexibility index (Phi) is 6.53. The number of ether oxygens (including phenoxy) is 1. The molecule has 2 N–H and O–H groups in total. The largest absolute Gasteiger partial charge is 0.465 e. The SMILES string of the molecule is CC(C)C1=NC(C)(N2CCN(C(O)c3ccco3)[C@H](c3ccccc3)C2)C(=N)C2=C1COC(C)(C)C2. The summed E-state index contributed by atoms with van der Waals surface area (Å²) in [5.74, 6) is 0.777. The number of aliphatic hydroxyl groups is 1. The molecule has 36 heavy (non-hydrogen) atoms. The molecule has 5 rings (SSSR count). The fourth-order valence-electron chi connectivity index (χ4n) is 5.81. The topological polar surface area (TPSA) is 85.3 Å². The van der Waals surface area contributed by atoms with Crippen LogP contribution in [-0.2, 0) is 4.74 Å². The molecule has 0 spiro atoms. The van der Waals surface area contributed by atoms with Crippen LogP contribution in [0.15, 0.2) is 69.3 Å². The molecule has 1 fully saturated rings. The second kappa shape index (κ2) is 9.38. The number of nitrogens with zero attached hydrogens (tertiary/aromatic N) is 3. The van der Waals surface area contributed by atoms with Crippen LogP contribution in [0.4, 0.5) is 0 Å². The second-order valence-electron chi connectivity index (χ2n) is 11.2. The Balaban J connectivity index is 1.51. The number of piperazine rings is 1. The van der Waals surface area contributed by atoms with Crippen LogP contribution < -0.4 is 0 Å². The minimum atomic E-state index is -0.841. The second-order valence-corrected chi connectivity index (χ2v) is 11.2. The van der Waals surface area contributed by atoms with E-state index >= 15 is 0 Å². The number of benzene rings is 1. The van der Waals surface area contributed by atoms with Crippen molar-refractivity contribution in [2.75, 3.05) is 26.2 Å². The molecule has 0 amide bonds. The number of aliphatic imine (C=N–C) groups is 1. The molecule has 192 valence electrons. The molecule has 1 aromatic carbocycles. The molecular weight excluding hydrogens is 452 g/mol. The number of rotatable bonds is 5. The minimum Gasteiger partial charge on any atom is -0.465 e. The molecule has 2 unspecified atom stereocenters. The van der Waals surface area contributed by atoms with Gasteiger partial charge in [-0.2, -0.15) is 0 Å². The first-order chi connectivity index (χ1) is 17.1. The van der Waals surface area contributed by atoms with Crippen molar-refractivity contribution in [2.24, 2.45) is 10.9 Å². The van der Waals surface area contributed by atoms with E-state index in [0.29, 0.717) is 44.1 Å². The van der Waals surface area contributed by atoms with Crippen molar-refractivity contribution in [1.29, 1.82) is 5.41 Å². The van der Waals surface area contributed by atoms with Gasteiger partial charge in [-0.1, -0.05) is 44.2 Å². The van der Waals surface area contributed by atoms with Gasteiger partial charge in [-0.25, -0.2) is 0 Å². The van der Waals surface area contributed by atoms with Crippen molar-refractivity contribution in [3.8, 4) is 0 Å². The number of nitrogens with one attached hydrogen (secondary N) is 1. The predicted molar refractivity (Wildman–Crippen MR) is 141 cm³/mol. The predicted octanol–water partition coefficient (Wildman–Crippen LogP) is 4.97. The third-order valence-corrected chi connectivity index (χ3v) is 7.88. The van der Waals surface area contributed by atoms with Crippen LogP contribution in [0.5, 0.6) is 0 Å². The van der Waals surface area contributed by atoms with Crippen LogP contribution in [-0.4, -0.2) is 63.8 Å². The Morgan fingerprint density at radius 3 is 2.47 bits per heavy atom. The number of furan rings is 1. The number of dihydropyridines is 1. The molecule has 7 heteroatoms. The van der Waals surface area contributed by atoms with E-state index in [1.807, 2.05) is 24.3 Å². The molecule has 7 nitrogen and oxygen atoms in total. The first-order valence-electron chi connectivity index (χ1n) is 12.9. The van der Waals surface area contributed by atoms with Crippen molar-refractivity contribution in [3.63, 3.8) is 0 Å². The zero-order chi connectivity index (χ0) is 25.7. The fourth-order valence-corrected chi connectivity index (χ4v) is 5.81. The van der Waals surface area contributed by atoms with Crippen LogP contribution in [0.3, 0.4) is 0 Å². The van der Waals surface area contributed by atoms with Crippen molar-refractivity contribution >= 4 is 11.4 Å². The summed E-state index contributed by atoms with van der Waals surface area (Å²) in [6, 6.07) is 13.8. The van der Waals surface area contributed by atoms with Gasteiger partial charge < -0.3 is 19.7 Å². The molecule has 4 heterocycles. The lowest BCUT2D eigenvalue weighted by Crippen LogP contribution is -2.61. The van der Waals surface area contributed by atoms with Gasteiger partial charge in [0.15, 0.2) is 11.9 Å². The summed E-state index contributed by atoms with van der Waals surface area (Å²) in [5.41, 5.74) is 3.85. The summed E-state index contributed by atoms with van der Waals surface area (Å²) >= 11 is 0. The first kappa shape index (κ1) is 25.1.